The van der Waals surface area contributed by atoms with Crippen LogP contribution >= 0.6 is 0 Å². The zero-order valence-corrected chi connectivity index (χ0v) is 22.2. The zero-order chi connectivity index (χ0) is 28.1. The quantitative estimate of drug-likeness (QED) is 0.212. The van der Waals surface area contributed by atoms with E-state index >= 15 is 0 Å². The van der Waals surface area contributed by atoms with Crippen LogP contribution in [-0.4, -0.2) is 27.5 Å². The summed E-state index contributed by atoms with van der Waals surface area (Å²) in [5, 5.41) is 13.0. The molecule has 0 fully saturated rings. The fourth-order valence-corrected chi connectivity index (χ4v) is 4.44. The van der Waals surface area contributed by atoms with Crippen LogP contribution in [0, 0.1) is 17.2 Å². The van der Waals surface area contributed by atoms with Gasteiger partial charge in [0.1, 0.15) is 11.7 Å². The minimum atomic E-state index is -0.713. The minimum Gasteiger partial charge on any atom is -0.440 e. The van der Waals surface area contributed by atoms with Crippen LogP contribution in [0.1, 0.15) is 39.0 Å². The first-order chi connectivity index (χ1) is 18.7. The summed E-state index contributed by atoms with van der Waals surface area (Å²) in [4.78, 5) is 29.2. The van der Waals surface area contributed by atoms with E-state index in [1.54, 1.807) is 29.8 Å². The Labute approximate surface area is 227 Å². The number of nitrogens with one attached hydrogen (secondary N) is 1. The van der Waals surface area contributed by atoms with Crippen molar-refractivity contribution < 1.29 is 14.3 Å². The second-order valence-corrected chi connectivity index (χ2v) is 9.78. The third-order valence-electron chi connectivity index (χ3n) is 6.33. The molecule has 0 aliphatic heterocycles. The first kappa shape index (κ1) is 27.3. The Morgan fingerprint density at radius 1 is 1.13 bits per heavy atom. The van der Waals surface area contributed by atoms with Gasteiger partial charge in [-0.05, 0) is 66.8 Å². The van der Waals surface area contributed by atoms with E-state index in [1.165, 1.54) is 6.08 Å². The van der Waals surface area contributed by atoms with Gasteiger partial charge in [0.15, 0.2) is 6.23 Å². The predicted molar refractivity (Wildman–Crippen MR) is 152 cm³/mol. The molecule has 198 valence electrons. The summed E-state index contributed by atoms with van der Waals surface area (Å²) >= 11 is 0. The zero-order valence-electron chi connectivity index (χ0n) is 22.2. The average Bonchev–Trinajstić information content (AvgIpc) is 3.32. The van der Waals surface area contributed by atoms with Crippen LogP contribution in [0.25, 0.3) is 33.3 Å². The number of aromatic nitrogens is 2. The monoisotopic (exact) mass is 521 g/mol. The van der Waals surface area contributed by atoms with E-state index in [0.29, 0.717) is 23.3 Å². The molecule has 8 nitrogen and oxygen atoms in total. The number of amides is 1. The number of nitrogens with zero attached hydrogens (tertiary/aromatic N) is 3. The van der Waals surface area contributed by atoms with E-state index in [0.717, 1.165) is 27.6 Å². The molecule has 4 aromatic rings. The summed E-state index contributed by atoms with van der Waals surface area (Å²) in [7, 11) is 0. The first-order valence-electron chi connectivity index (χ1n) is 12.7. The third-order valence-corrected chi connectivity index (χ3v) is 6.33. The number of hydrogen-bond acceptors (Lipinski definition) is 6. The number of fused-ring (bicyclic) bond motifs is 1. The Balaban J connectivity index is 1.79. The molecular formula is C31H31N5O3. The molecule has 2 aromatic carbocycles. The Morgan fingerprint density at radius 2 is 1.87 bits per heavy atom. The van der Waals surface area contributed by atoms with E-state index in [-0.39, 0.29) is 11.8 Å². The lowest BCUT2D eigenvalue weighted by Crippen LogP contribution is -2.34. The van der Waals surface area contributed by atoms with E-state index in [1.807, 2.05) is 62.5 Å². The van der Waals surface area contributed by atoms with E-state index in [2.05, 4.69) is 18.0 Å². The van der Waals surface area contributed by atoms with Gasteiger partial charge < -0.3 is 15.8 Å². The van der Waals surface area contributed by atoms with Crippen LogP contribution in [0.5, 0.6) is 0 Å². The molecule has 4 rings (SSSR count). The van der Waals surface area contributed by atoms with E-state index in [4.69, 9.17) is 15.5 Å². The van der Waals surface area contributed by atoms with Crippen LogP contribution in [0.3, 0.4) is 0 Å². The van der Waals surface area contributed by atoms with Crippen molar-refractivity contribution in [3.63, 3.8) is 0 Å². The van der Waals surface area contributed by atoms with Crippen molar-refractivity contribution in [3.8, 4) is 28.3 Å². The van der Waals surface area contributed by atoms with Gasteiger partial charge in [0.05, 0.1) is 11.6 Å². The average molecular weight is 522 g/mol. The van der Waals surface area contributed by atoms with Crippen molar-refractivity contribution in [3.05, 3.63) is 85.2 Å². The van der Waals surface area contributed by atoms with Crippen molar-refractivity contribution in [2.75, 3.05) is 5.32 Å². The third kappa shape index (κ3) is 6.22. The molecule has 2 aromatic heterocycles. The van der Waals surface area contributed by atoms with Gasteiger partial charge in [0.25, 0.3) is 0 Å². The van der Waals surface area contributed by atoms with Gasteiger partial charge in [-0.1, -0.05) is 44.7 Å². The SMILES string of the molecule is C=CC(=O)Nc1cccc(-c2cnc3c(c2)c(-c2cccc(C#N)c2)cn3C(C)OC(=O)[C@@H](N)CC(C)C)c1. The van der Waals surface area contributed by atoms with E-state index < -0.39 is 18.2 Å². The number of nitriles is 1. The van der Waals surface area contributed by atoms with Gasteiger partial charge >= 0.3 is 5.97 Å². The molecule has 3 N–H and O–H groups in total. The maximum atomic E-state index is 12.7. The Kier molecular flexibility index (Phi) is 8.23. The molecule has 0 radical (unpaired) electrons. The van der Waals surface area contributed by atoms with Crippen LogP contribution < -0.4 is 11.1 Å². The second-order valence-electron chi connectivity index (χ2n) is 9.78. The molecule has 2 heterocycles. The number of pyridine rings is 1. The summed E-state index contributed by atoms with van der Waals surface area (Å²) in [6.45, 7) is 9.27. The van der Waals surface area contributed by atoms with Crippen molar-refractivity contribution in [2.45, 2.75) is 39.5 Å². The summed E-state index contributed by atoms with van der Waals surface area (Å²) < 4.78 is 7.54. The lowest BCUT2D eigenvalue weighted by molar-refractivity contribution is -0.154. The number of hydrogen-bond donors (Lipinski definition) is 2. The molecule has 0 aliphatic rings. The van der Waals surface area contributed by atoms with Crippen LogP contribution in [0.2, 0.25) is 0 Å². The van der Waals surface area contributed by atoms with Crippen LogP contribution in [0.4, 0.5) is 5.69 Å². The number of ether oxygens (including phenoxy) is 1. The van der Waals surface area contributed by atoms with Gasteiger partial charge in [-0.15, -0.1) is 0 Å². The molecule has 0 bridgehead atoms. The molecule has 8 heteroatoms. The highest BCUT2D eigenvalue weighted by molar-refractivity contribution is 6.00. The number of carbonyl (C=O) groups excluding carboxylic acids is 2. The molecule has 1 unspecified atom stereocenters. The maximum Gasteiger partial charge on any atom is 0.324 e. The fourth-order valence-electron chi connectivity index (χ4n) is 4.44. The second kappa shape index (κ2) is 11.8. The number of rotatable bonds is 9. The predicted octanol–water partition coefficient (Wildman–Crippen LogP) is 5.80. The minimum absolute atomic E-state index is 0.262. The fraction of sp³-hybridized carbons (Fsp3) is 0.226. The number of anilines is 1. The molecule has 39 heavy (non-hydrogen) atoms. The topological polar surface area (TPSA) is 123 Å². The molecule has 2 atom stereocenters. The highest BCUT2D eigenvalue weighted by atomic mass is 16.6. The van der Waals surface area contributed by atoms with Crippen molar-refractivity contribution in [2.24, 2.45) is 11.7 Å². The molecule has 1 amide bonds. The Bertz CT molecular complexity index is 1580. The Morgan fingerprint density at radius 3 is 2.59 bits per heavy atom. The normalized spacial score (nSPS) is 12.5. The molecule has 0 saturated carbocycles. The van der Waals surface area contributed by atoms with E-state index in [9.17, 15) is 14.9 Å². The van der Waals surface area contributed by atoms with Gasteiger partial charge in [0, 0.05) is 34.6 Å². The lowest BCUT2D eigenvalue weighted by Gasteiger charge is -2.19. The Hall–Kier alpha value is -4.74. The summed E-state index contributed by atoms with van der Waals surface area (Å²) in [5.41, 5.74) is 11.2. The van der Waals surface area contributed by atoms with Crippen molar-refractivity contribution >= 4 is 28.6 Å². The van der Waals surface area contributed by atoms with Crippen molar-refractivity contribution in [1.82, 2.24) is 9.55 Å². The van der Waals surface area contributed by atoms with Crippen LogP contribution in [0.15, 0.2) is 79.6 Å². The number of carbonyl (C=O) groups is 2. The number of benzene rings is 2. The maximum absolute atomic E-state index is 12.7. The molecule has 0 aliphatic carbocycles. The smallest absolute Gasteiger partial charge is 0.324 e. The number of nitrogens with two attached hydrogens (primary N) is 1. The highest BCUT2D eigenvalue weighted by Gasteiger charge is 2.23. The lowest BCUT2D eigenvalue weighted by atomic mass is 10.0. The van der Waals surface area contributed by atoms with Gasteiger partial charge in [-0.25, -0.2) is 4.98 Å². The standard InChI is InChI=1S/C31H31N5O3/c1-5-29(37)35-25-11-7-9-22(14-25)24-15-26-27(23-10-6-8-21(13-23)16-32)18-36(30(26)34-17-24)20(4)39-31(38)28(33)12-19(2)3/h5-11,13-15,17-20,28H,1,12,33H2,2-4H3,(H,35,37)/t20?,28-/m0/s1. The number of esters is 1. The summed E-state index contributed by atoms with van der Waals surface area (Å²) in [6, 6.07) is 18.2. The van der Waals surface area contributed by atoms with Crippen molar-refractivity contribution in [1.29, 1.82) is 5.26 Å². The summed E-state index contributed by atoms with van der Waals surface area (Å²) in [6.07, 6.45) is 4.70. The van der Waals surface area contributed by atoms with Crippen LogP contribution in [-0.2, 0) is 14.3 Å². The largest absolute Gasteiger partial charge is 0.440 e. The highest BCUT2D eigenvalue weighted by Crippen LogP contribution is 2.35. The molecule has 0 saturated heterocycles. The summed E-state index contributed by atoms with van der Waals surface area (Å²) in [5.74, 6) is -0.506. The van der Waals surface area contributed by atoms with Gasteiger partial charge in [-0.2, -0.15) is 5.26 Å². The first-order valence-corrected chi connectivity index (χ1v) is 12.7. The molecule has 0 spiro atoms. The van der Waals surface area contributed by atoms with Gasteiger partial charge in [-0.3, -0.25) is 14.2 Å². The molecular weight excluding hydrogens is 490 g/mol. The van der Waals surface area contributed by atoms with Gasteiger partial charge in [0.2, 0.25) is 5.91 Å².